The van der Waals surface area contributed by atoms with Crippen molar-refractivity contribution in [2.24, 2.45) is 4.99 Å². The zero-order valence-electron chi connectivity index (χ0n) is 15.2. The van der Waals surface area contributed by atoms with E-state index < -0.39 is 0 Å². The molecule has 2 aromatic rings. The standard InChI is InChI=1S/C20H25BN2O2/c1-5-22-20(18-13-19(25-4)15(3)12-14(18)2)23-17-8-6-16(7-9-17)10-11-21-24/h5-9,12-13,21,24H,1,10-11H2,2-4H3,(H,22,23). The number of ether oxygens (including phenoxy) is 1. The van der Waals surface area contributed by atoms with Gasteiger partial charge >= 0.3 is 0 Å². The first kappa shape index (κ1) is 18.8. The molecule has 5 heteroatoms. The topological polar surface area (TPSA) is 53.9 Å². The van der Waals surface area contributed by atoms with E-state index in [0.717, 1.165) is 46.7 Å². The van der Waals surface area contributed by atoms with Crippen LogP contribution < -0.4 is 10.1 Å². The highest BCUT2D eigenvalue weighted by molar-refractivity contribution is 6.25. The molecule has 0 heterocycles. The van der Waals surface area contributed by atoms with Gasteiger partial charge in [0.25, 0.3) is 7.48 Å². The minimum atomic E-state index is 0.213. The SMILES string of the molecule is C=C/N=C(/Nc1ccc(CCBO)cc1)c1cc(OC)c(C)cc1C. The predicted octanol–water partition coefficient (Wildman–Crippen LogP) is 3.62. The Hall–Kier alpha value is -2.53. The first-order chi connectivity index (χ1) is 12.1. The first-order valence-electron chi connectivity index (χ1n) is 8.40. The Bertz CT molecular complexity index is 755. The van der Waals surface area contributed by atoms with Crippen molar-refractivity contribution in [2.45, 2.75) is 26.6 Å². The first-order valence-corrected chi connectivity index (χ1v) is 8.40. The van der Waals surface area contributed by atoms with Crippen LogP contribution in [0, 0.1) is 13.8 Å². The van der Waals surface area contributed by atoms with E-state index in [1.165, 1.54) is 11.8 Å². The minimum Gasteiger partial charge on any atom is -0.496 e. The lowest BCUT2D eigenvalue weighted by molar-refractivity contribution is 0.411. The lowest BCUT2D eigenvalue weighted by Crippen LogP contribution is -2.15. The summed E-state index contributed by atoms with van der Waals surface area (Å²) >= 11 is 0. The van der Waals surface area contributed by atoms with Crippen LogP contribution in [0.3, 0.4) is 0 Å². The number of rotatable bonds is 7. The summed E-state index contributed by atoms with van der Waals surface area (Å²) in [7, 11) is 1.88. The average molecular weight is 336 g/mol. The molecule has 2 N–H and O–H groups in total. The van der Waals surface area contributed by atoms with Crippen molar-refractivity contribution < 1.29 is 9.76 Å². The molecule has 0 aliphatic rings. The second-order valence-corrected chi connectivity index (χ2v) is 5.95. The summed E-state index contributed by atoms with van der Waals surface area (Å²) in [4.78, 5) is 4.41. The number of hydrogen-bond donors (Lipinski definition) is 2. The maximum absolute atomic E-state index is 8.93. The Balaban J connectivity index is 2.28. The molecule has 0 aromatic heterocycles. The molecule has 0 radical (unpaired) electrons. The van der Waals surface area contributed by atoms with Gasteiger partial charge in [0.2, 0.25) is 0 Å². The van der Waals surface area contributed by atoms with Crippen LogP contribution in [0.25, 0.3) is 0 Å². The van der Waals surface area contributed by atoms with Gasteiger partial charge in [0.15, 0.2) is 0 Å². The summed E-state index contributed by atoms with van der Waals surface area (Å²) in [5.41, 5.74) is 5.34. The van der Waals surface area contributed by atoms with Crippen LogP contribution in [0.4, 0.5) is 5.69 Å². The fourth-order valence-electron chi connectivity index (χ4n) is 2.74. The molecule has 0 atom stereocenters. The number of aryl methyl sites for hydroxylation is 3. The molecule has 0 spiro atoms. The van der Waals surface area contributed by atoms with Crippen LogP contribution in [0.2, 0.25) is 6.32 Å². The van der Waals surface area contributed by atoms with Crippen LogP contribution in [0.15, 0.2) is 54.2 Å². The van der Waals surface area contributed by atoms with Crippen LogP contribution in [0.1, 0.15) is 22.3 Å². The summed E-state index contributed by atoms with van der Waals surface area (Å²) in [5.74, 6) is 1.56. The summed E-state index contributed by atoms with van der Waals surface area (Å²) in [6.45, 7) is 7.80. The van der Waals surface area contributed by atoms with Crippen LogP contribution in [-0.2, 0) is 6.42 Å². The predicted molar refractivity (Wildman–Crippen MR) is 107 cm³/mol. The van der Waals surface area contributed by atoms with Crippen LogP contribution in [-0.4, -0.2) is 25.5 Å². The molecule has 2 aromatic carbocycles. The molecule has 0 unspecified atom stereocenters. The lowest BCUT2D eigenvalue weighted by atomic mass is 9.91. The molecule has 4 nitrogen and oxygen atoms in total. The van der Waals surface area contributed by atoms with E-state index in [4.69, 9.17) is 9.76 Å². The number of benzene rings is 2. The Morgan fingerprint density at radius 2 is 1.96 bits per heavy atom. The van der Waals surface area contributed by atoms with Crippen LogP contribution >= 0.6 is 0 Å². The number of anilines is 1. The number of nitrogens with one attached hydrogen (secondary N) is 1. The molecule has 2 rings (SSSR count). The molecule has 130 valence electrons. The van der Waals surface area contributed by atoms with Crippen molar-refractivity contribution >= 4 is 19.0 Å². The van der Waals surface area contributed by atoms with Crippen molar-refractivity contribution in [1.82, 2.24) is 0 Å². The molecule has 0 bridgehead atoms. The maximum atomic E-state index is 8.93. The fraction of sp³-hybridized carbons (Fsp3) is 0.250. The van der Waals surface area contributed by atoms with E-state index in [2.05, 4.69) is 42.0 Å². The van der Waals surface area contributed by atoms with Crippen molar-refractivity contribution in [3.8, 4) is 5.75 Å². The van der Waals surface area contributed by atoms with Gasteiger partial charge in [0.1, 0.15) is 11.6 Å². The van der Waals surface area contributed by atoms with E-state index in [1.54, 1.807) is 7.11 Å². The summed E-state index contributed by atoms with van der Waals surface area (Å²) in [6.07, 6.45) is 3.18. The van der Waals surface area contributed by atoms with E-state index >= 15 is 0 Å². The molecule has 0 aliphatic carbocycles. The Kier molecular flexibility index (Phi) is 6.84. The van der Waals surface area contributed by atoms with E-state index in [0.29, 0.717) is 0 Å². The number of aliphatic imine (C=N–C) groups is 1. The van der Waals surface area contributed by atoms with Crippen LogP contribution in [0.5, 0.6) is 5.75 Å². The molecule has 0 saturated carbocycles. The Morgan fingerprint density at radius 1 is 1.24 bits per heavy atom. The average Bonchev–Trinajstić information content (AvgIpc) is 2.61. The van der Waals surface area contributed by atoms with Gasteiger partial charge < -0.3 is 15.1 Å². The quantitative estimate of drug-likeness (QED) is 0.461. The van der Waals surface area contributed by atoms with Crippen molar-refractivity contribution in [3.63, 3.8) is 0 Å². The number of methoxy groups -OCH3 is 1. The minimum absolute atomic E-state index is 0.213. The number of nitrogens with zero attached hydrogens (tertiary/aromatic N) is 1. The third kappa shape index (κ3) is 4.97. The molecular formula is C20H25BN2O2. The second kappa shape index (κ2) is 9.09. The van der Waals surface area contributed by atoms with Gasteiger partial charge in [0, 0.05) is 17.5 Å². The smallest absolute Gasteiger partial charge is 0.271 e. The third-order valence-electron chi connectivity index (χ3n) is 4.06. The summed E-state index contributed by atoms with van der Waals surface area (Å²) < 4.78 is 5.44. The molecule has 0 saturated heterocycles. The van der Waals surface area contributed by atoms with Gasteiger partial charge in [0.05, 0.1) is 7.11 Å². The molecule has 0 aliphatic heterocycles. The summed E-state index contributed by atoms with van der Waals surface area (Å²) in [6, 6.07) is 12.2. The van der Waals surface area contributed by atoms with Crippen molar-refractivity contribution in [1.29, 1.82) is 0 Å². The highest BCUT2D eigenvalue weighted by Crippen LogP contribution is 2.24. The van der Waals surface area contributed by atoms with Gasteiger partial charge in [-0.25, -0.2) is 4.99 Å². The Morgan fingerprint density at radius 3 is 2.56 bits per heavy atom. The van der Waals surface area contributed by atoms with Gasteiger partial charge in [-0.1, -0.05) is 24.8 Å². The van der Waals surface area contributed by atoms with Crippen molar-refractivity contribution in [2.75, 3.05) is 12.4 Å². The zero-order chi connectivity index (χ0) is 18.2. The zero-order valence-corrected chi connectivity index (χ0v) is 15.2. The van der Waals surface area contributed by atoms with E-state index in [1.807, 2.05) is 25.1 Å². The highest BCUT2D eigenvalue weighted by atomic mass is 16.5. The Labute approximate surface area is 150 Å². The summed E-state index contributed by atoms with van der Waals surface area (Å²) in [5, 5.41) is 12.3. The lowest BCUT2D eigenvalue weighted by Gasteiger charge is -2.15. The van der Waals surface area contributed by atoms with E-state index in [-0.39, 0.29) is 7.48 Å². The normalized spacial score (nSPS) is 11.1. The van der Waals surface area contributed by atoms with Gasteiger partial charge in [-0.3, -0.25) is 0 Å². The van der Waals surface area contributed by atoms with Gasteiger partial charge in [-0.05, 0) is 61.5 Å². The fourth-order valence-corrected chi connectivity index (χ4v) is 2.74. The molecule has 0 amide bonds. The number of hydrogen-bond acceptors (Lipinski definition) is 3. The second-order valence-electron chi connectivity index (χ2n) is 5.95. The van der Waals surface area contributed by atoms with Gasteiger partial charge in [-0.2, -0.15) is 0 Å². The molecular weight excluding hydrogens is 311 g/mol. The van der Waals surface area contributed by atoms with Gasteiger partial charge in [-0.15, -0.1) is 0 Å². The maximum Gasteiger partial charge on any atom is 0.271 e. The molecule has 0 fully saturated rings. The molecule has 25 heavy (non-hydrogen) atoms. The van der Waals surface area contributed by atoms with Crippen molar-refractivity contribution in [3.05, 3.63) is 71.4 Å². The van der Waals surface area contributed by atoms with E-state index in [9.17, 15) is 0 Å². The monoisotopic (exact) mass is 336 g/mol. The highest BCUT2D eigenvalue weighted by Gasteiger charge is 2.11. The largest absolute Gasteiger partial charge is 0.496 e. The number of amidine groups is 1. The third-order valence-corrected chi connectivity index (χ3v) is 4.06.